The summed E-state index contributed by atoms with van der Waals surface area (Å²) in [7, 11) is -0.363. The molecular formula is C26H30BNO2. The minimum atomic E-state index is -0.363. The molecule has 3 nitrogen and oxygen atoms in total. The maximum absolute atomic E-state index is 6.27. The lowest BCUT2D eigenvalue weighted by molar-refractivity contribution is 0.00578. The van der Waals surface area contributed by atoms with Crippen molar-refractivity contribution in [3.05, 3.63) is 72.8 Å². The predicted molar refractivity (Wildman–Crippen MR) is 128 cm³/mol. The standard InChI is InChI=1S/C24H24BNO2.C2H6/c1-23(2)24(3,4)28-25(27-23)17-10-9-11-18(16-17)26-21-14-7-5-12-19(21)20-13-6-8-15-22(20)26;1-2/h5-16H,1-4H3;1-2H3. The van der Waals surface area contributed by atoms with Gasteiger partial charge in [0, 0.05) is 16.5 Å². The van der Waals surface area contributed by atoms with Crippen molar-refractivity contribution in [1.82, 2.24) is 4.57 Å². The first kappa shape index (κ1) is 20.7. The van der Waals surface area contributed by atoms with Crippen LogP contribution in [-0.2, 0) is 9.31 Å². The molecule has 4 aromatic rings. The van der Waals surface area contributed by atoms with E-state index < -0.39 is 0 Å². The van der Waals surface area contributed by atoms with E-state index in [0.717, 1.165) is 11.2 Å². The third-order valence-corrected chi connectivity index (χ3v) is 6.23. The van der Waals surface area contributed by atoms with Crippen LogP contribution >= 0.6 is 0 Å². The summed E-state index contributed by atoms with van der Waals surface area (Å²) >= 11 is 0. The van der Waals surface area contributed by atoms with Crippen molar-refractivity contribution >= 4 is 34.4 Å². The molecule has 0 bridgehead atoms. The highest BCUT2D eigenvalue weighted by Crippen LogP contribution is 2.37. The Morgan fingerprint density at radius 2 is 1.17 bits per heavy atom. The number of hydrogen-bond acceptors (Lipinski definition) is 2. The highest BCUT2D eigenvalue weighted by atomic mass is 16.7. The summed E-state index contributed by atoms with van der Waals surface area (Å²) in [5, 5.41) is 2.53. The van der Waals surface area contributed by atoms with E-state index in [1.165, 1.54) is 21.8 Å². The number of benzene rings is 3. The van der Waals surface area contributed by atoms with Gasteiger partial charge < -0.3 is 13.9 Å². The van der Waals surface area contributed by atoms with Gasteiger partial charge in [-0.25, -0.2) is 0 Å². The first-order chi connectivity index (χ1) is 14.4. The molecule has 1 saturated heterocycles. The van der Waals surface area contributed by atoms with Gasteiger partial charge in [0.15, 0.2) is 0 Å². The Morgan fingerprint density at radius 3 is 1.70 bits per heavy atom. The minimum Gasteiger partial charge on any atom is -0.399 e. The molecule has 0 spiro atoms. The Kier molecular flexibility index (Phi) is 5.25. The summed E-state index contributed by atoms with van der Waals surface area (Å²) < 4.78 is 14.9. The quantitative estimate of drug-likeness (QED) is 0.380. The number of nitrogens with zero attached hydrogens (tertiary/aromatic N) is 1. The fraction of sp³-hybridized carbons (Fsp3) is 0.308. The van der Waals surface area contributed by atoms with Crippen molar-refractivity contribution in [1.29, 1.82) is 0 Å². The molecule has 0 atom stereocenters. The maximum atomic E-state index is 6.27. The molecule has 0 saturated carbocycles. The molecule has 0 amide bonds. The summed E-state index contributed by atoms with van der Waals surface area (Å²) in [6.07, 6.45) is 0. The zero-order valence-electron chi connectivity index (χ0n) is 18.8. The van der Waals surface area contributed by atoms with Gasteiger partial charge in [0.05, 0.1) is 22.2 Å². The summed E-state index contributed by atoms with van der Waals surface area (Å²) in [4.78, 5) is 0. The van der Waals surface area contributed by atoms with Gasteiger partial charge in [0.25, 0.3) is 0 Å². The number of rotatable bonds is 2. The van der Waals surface area contributed by atoms with Crippen molar-refractivity contribution in [2.24, 2.45) is 0 Å². The minimum absolute atomic E-state index is 0.347. The second kappa shape index (κ2) is 7.61. The molecule has 5 rings (SSSR count). The van der Waals surface area contributed by atoms with Gasteiger partial charge in [0.1, 0.15) is 0 Å². The molecule has 3 aromatic carbocycles. The van der Waals surface area contributed by atoms with E-state index in [4.69, 9.17) is 9.31 Å². The van der Waals surface area contributed by atoms with Crippen LogP contribution in [-0.4, -0.2) is 22.9 Å². The third kappa shape index (κ3) is 3.25. The van der Waals surface area contributed by atoms with Crippen LogP contribution < -0.4 is 5.46 Å². The zero-order valence-corrected chi connectivity index (χ0v) is 18.8. The lowest BCUT2D eigenvalue weighted by Gasteiger charge is -2.32. The summed E-state index contributed by atoms with van der Waals surface area (Å²) in [5.74, 6) is 0. The molecule has 1 aliphatic heterocycles. The number of aromatic nitrogens is 1. The molecule has 4 heteroatoms. The van der Waals surface area contributed by atoms with Gasteiger partial charge in [-0.2, -0.15) is 0 Å². The molecule has 0 radical (unpaired) electrons. The summed E-state index contributed by atoms with van der Waals surface area (Å²) in [6, 6.07) is 25.6. The van der Waals surface area contributed by atoms with E-state index in [1.54, 1.807) is 0 Å². The summed E-state index contributed by atoms with van der Waals surface area (Å²) in [5.41, 5.74) is 3.87. The van der Waals surface area contributed by atoms with Crippen LogP contribution in [0.25, 0.3) is 27.5 Å². The number of fused-ring (bicyclic) bond motifs is 3. The van der Waals surface area contributed by atoms with Gasteiger partial charge >= 0.3 is 7.12 Å². The van der Waals surface area contributed by atoms with E-state index in [9.17, 15) is 0 Å². The Labute approximate surface area is 179 Å². The third-order valence-electron chi connectivity index (χ3n) is 6.23. The van der Waals surface area contributed by atoms with Gasteiger partial charge in [0.2, 0.25) is 0 Å². The van der Waals surface area contributed by atoms with Crippen LogP contribution in [0.2, 0.25) is 0 Å². The fourth-order valence-electron chi connectivity index (χ4n) is 3.99. The molecule has 154 valence electrons. The van der Waals surface area contributed by atoms with Gasteiger partial charge in [-0.1, -0.05) is 62.4 Å². The molecule has 0 aliphatic carbocycles. The van der Waals surface area contributed by atoms with Gasteiger partial charge in [-0.3, -0.25) is 0 Å². The molecule has 1 aromatic heterocycles. The Bertz CT molecular complexity index is 1120. The molecule has 1 fully saturated rings. The monoisotopic (exact) mass is 399 g/mol. The lowest BCUT2D eigenvalue weighted by atomic mass is 9.79. The summed E-state index contributed by atoms with van der Waals surface area (Å²) in [6.45, 7) is 12.3. The normalized spacial score (nSPS) is 17.2. The molecule has 30 heavy (non-hydrogen) atoms. The second-order valence-electron chi connectivity index (χ2n) is 8.55. The van der Waals surface area contributed by atoms with E-state index in [2.05, 4.69) is 105 Å². The van der Waals surface area contributed by atoms with Crippen molar-refractivity contribution in [2.45, 2.75) is 52.7 Å². The molecule has 0 N–H and O–H groups in total. The predicted octanol–water partition coefficient (Wildman–Crippen LogP) is 6.11. The van der Waals surface area contributed by atoms with Crippen LogP contribution in [0.3, 0.4) is 0 Å². The Balaban J connectivity index is 0.00000106. The molecular weight excluding hydrogens is 369 g/mol. The smallest absolute Gasteiger partial charge is 0.399 e. The van der Waals surface area contributed by atoms with Crippen LogP contribution in [0.5, 0.6) is 0 Å². The topological polar surface area (TPSA) is 23.4 Å². The van der Waals surface area contributed by atoms with Crippen LogP contribution in [0.15, 0.2) is 72.8 Å². The van der Waals surface area contributed by atoms with Crippen molar-refractivity contribution in [2.75, 3.05) is 0 Å². The van der Waals surface area contributed by atoms with Gasteiger partial charge in [-0.05, 0) is 57.4 Å². The SMILES string of the molecule is CC.CC1(C)OB(c2cccc(-n3c4ccccc4c4ccccc43)c2)OC1(C)C. The highest BCUT2D eigenvalue weighted by Gasteiger charge is 2.51. The number of hydrogen-bond donors (Lipinski definition) is 0. The highest BCUT2D eigenvalue weighted by molar-refractivity contribution is 6.62. The molecule has 1 aliphatic rings. The van der Waals surface area contributed by atoms with Crippen LogP contribution in [0.1, 0.15) is 41.5 Å². The first-order valence-corrected chi connectivity index (χ1v) is 10.8. The van der Waals surface area contributed by atoms with Crippen molar-refractivity contribution in [3.63, 3.8) is 0 Å². The van der Waals surface area contributed by atoms with Gasteiger partial charge in [-0.15, -0.1) is 0 Å². The van der Waals surface area contributed by atoms with Crippen molar-refractivity contribution < 1.29 is 9.31 Å². The second-order valence-corrected chi connectivity index (χ2v) is 8.55. The largest absolute Gasteiger partial charge is 0.494 e. The van der Waals surface area contributed by atoms with E-state index in [1.807, 2.05) is 13.8 Å². The van der Waals surface area contributed by atoms with Crippen molar-refractivity contribution in [3.8, 4) is 5.69 Å². The van der Waals surface area contributed by atoms with E-state index in [-0.39, 0.29) is 18.3 Å². The average molecular weight is 399 g/mol. The number of para-hydroxylation sites is 2. The van der Waals surface area contributed by atoms with Crippen LogP contribution in [0.4, 0.5) is 0 Å². The van der Waals surface area contributed by atoms with E-state index in [0.29, 0.717) is 0 Å². The van der Waals surface area contributed by atoms with Crippen LogP contribution in [0, 0.1) is 0 Å². The lowest BCUT2D eigenvalue weighted by Crippen LogP contribution is -2.41. The Hall–Kier alpha value is -2.56. The zero-order chi connectivity index (χ0) is 21.5. The van der Waals surface area contributed by atoms with E-state index >= 15 is 0 Å². The average Bonchev–Trinajstić information content (AvgIpc) is 3.20. The Morgan fingerprint density at radius 1 is 0.667 bits per heavy atom. The molecule has 2 heterocycles. The fourth-order valence-corrected chi connectivity index (χ4v) is 3.99. The maximum Gasteiger partial charge on any atom is 0.494 e. The first-order valence-electron chi connectivity index (χ1n) is 10.8. The molecule has 0 unspecified atom stereocenters.